The molecule has 0 N–H and O–H groups in total. The molecular formula is C37H30OP2Pd. The van der Waals surface area contributed by atoms with Crippen LogP contribution in [0.15, 0.2) is 170 Å². The summed E-state index contributed by atoms with van der Waals surface area (Å²) in [6.07, 6.45) is 0.261. The van der Waals surface area contributed by atoms with Crippen LogP contribution in [0.5, 0.6) is 11.5 Å². The van der Waals surface area contributed by atoms with E-state index in [1.807, 2.05) is 24.3 Å². The fraction of sp³-hybridized carbons (Fsp3) is 0.0270. The molecule has 1 heterocycles. The van der Waals surface area contributed by atoms with Crippen LogP contribution in [0.4, 0.5) is 0 Å². The van der Waals surface area contributed by atoms with E-state index in [0.717, 1.165) is 17.9 Å². The van der Waals surface area contributed by atoms with Crippen molar-refractivity contribution >= 4 is 33.4 Å². The van der Waals surface area contributed by atoms with E-state index in [2.05, 4.69) is 146 Å². The smallest absolute Gasteiger partial charge is 0.130 e. The Hall–Kier alpha value is -3.36. The number of benzene rings is 6. The maximum Gasteiger partial charge on any atom is 0.130 e. The molecule has 7 rings (SSSR count). The van der Waals surface area contributed by atoms with E-state index in [1.165, 1.54) is 32.3 Å². The quantitative estimate of drug-likeness (QED) is 0.129. The monoisotopic (exact) mass is 658 g/mol. The van der Waals surface area contributed by atoms with Gasteiger partial charge in [-0.05, 0) is 23.3 Å². The molecule has 1 aliphatic heterocycles. The summed E-state index contributed by atoms with van der Waals surface area (Å²) in [5.41, 5.74) is 2.54. The van der Waals surface area contributed by atoms with Crippen LogP contribution in [-0.4, -0.2) is 0 Å². The first kappa shape index (κ1) is 27.8. The molecule has 0 radical (unpaired) electrons. The van der Waals surface area contributed by atoms with Gasteiger partial charge < -0.3 is 4.74 Å². The zero-order chi connectivity index (χ0) is 27.7. The molecule has 0 aromatic heterocycles. The summed E-state index contributed by atoms with van der Waals surface area (Å²) in [7, 11) is 0. The summed E-state index contributed by atoms with van der Waals surface area (Å²) in [4.78, 5) is 0. The molecule has 204 valence electrons. The van der Waals surface area contributed by atoms with Crippen LogP contribution < -0.4 is 26.0 Å². The molecular weight excluding hydrogens is 629 g/mol. The van der Waals surface area contributed by atoms with Crippen LogP contribution in [0.1, 0.15) is 11.1 Å². The third kappa shape index (κ3) is 7.11. The number of ether oxygens (including phenoxy) is 1. The molecule has 0 saturated heterocycles. The number of fused-ring (bicyclic) bond motifs is 2. The minimum Gasteiger partial charge on any atom is -0.457 e. The first-order chi connectivity index (χ1) is 20.3. The van der Waals surface area contributed by atoms with Crippen LogP contribution >= 0.6 is 12.2 Å². The Balaban J connectivity index is 0.000000180. The Labute approximate surface area is 252 Å². The van der Waals surface area contributed by atoms with E-state index in [0.29, 0.717) is 17.0 Å². The van der Waals surface area contributed by atoms with Gasteiger partial charge in [-0.1, -0.05) is 36.4 Å². The Kier molecular flexibility index (Phi) is 9.50. The molecule has 0 atom stereocenters. The van der Waals surface area contributed by atoms with Crippen molar-refractivity contribution in [1.29, 1.82) is 0 Å². The van der Waals surface area contributed by atoms with Crippen LogP contribution in [-0.2, 0) is 23.4 Å². The van der Waals surface area contributed by atoms with Crippen molar-refractivity contribution in [3.8, 4) is 11.5 Å². The van der Waals surface area contributed by atoms with E-state index >= 15 is 0 Å². The number of hydrogen-bond acceptors (Lipinski definition) is 1. The minimum absolute atomic E-state index is 0.359. The van der Waals surface area contributed by atoms with Crippen molar-refractivity contribution in [1.82, 2.24) is 0 Å². The average Bonchev–Trinajstić information content (AvgIpc) is 3.06. The van der Waals surface area contributed by atoms with Crippen molar-refractivity contribution in [3.05, 3.63) is 181 Å². The van der Waals surface area contributed by atoms with Gasteiger partial charge in [0.25, 0.3) is 0 Å². The second-order valence-electron chi connectivity index (χ2n) is 9.41. The minimum atomic E-state index is -0.359. The van der Waals surface area contributed by atoms with Gasteiger partial charge in [-0.2, -0.15) is 0 Å². The number of para-hydroxylation sites is 2. The average molecular weight is 659 g/mol. The van der Waals surface area contributed by atoms with Crippen molar-refractivity contribution in [2.45, 2.75) is 6.42 Å². The molecule has 0 amide bonds. The summed E-state index contributed by atoms with van der Waals surface area (Å²) in [5.74, 6) is 1.98. The van der Waals surface area contributed by atoms with Gasteiger partial charge in [0.15, 0.2) is 0 Å². The van der Waals surface area contributed by atoms with Crippen molar-refractivity contribution in [2.75, 3.05) is 0 Å². The molecule has 1 aliphatic rings. The molecule has 0 aliphatic carbocycles. The molecule has 0 saturated carbocycles. The Morgan fingerprint density at radius 2 is 0.659 bits per heavy atom. The molecule has 41 heavy (non-hydrogen) atoms. The van der Waals surface area contributed by atoms with E-state index in [4.69, 9.17) is 4.74 Å². The topological polar surface area (TPSA) is 9.23 Å². The van der Waals surface area contributed by atoms with Gasteiger partial charge in [0.2, 0.25) is 0 Å². The van der Waals surface area contributed by atoms with Gasteiger partial charge in [-0.3, -0.25) is 0 Å². The van der Waals surface area contributed by atoms with Gasteiger partial charge in [-0.25, -0.2) is 0 Å². The van der Waals surface area contributed by atoms with Gasteiger partial charge in [0.05, 0.1) is 0 Å². The van der Waals surface area contributed by atoms with E-state index in [9.17, 15) is 0 Å². The zero-order valence-electron chi connectivity index (χ0n) is 22.5. The van der Waals surface area contributed by atoms with Crippen molar-refractivity contribution in [2.24, 2.45) is 0 Å². The third-order valence-electron chi connectivity index (χ3n) is 6.54. The standard InChI is InChI=1S/C13H10O.2C12H10P.Pd/c1-3-7-12-10(5-1)9-11-6-2-4-8-13(11)14-12;2*1-3-7-11(8-4-1)13-12-9-5-2-6-10-12;/h1-8H,9H2;2*1-10H;/q;2*-1;+2. The van der Waals surface area contributed by atoms with E-state index in [1.54, 1.807) is 0 Å². The molecule has 0 bridgehead atoms. The Bertz CT molecular complexity index is 1410. The summed E-state index contributed by atoms with van der Waals surface area (Å²) < 4.78 is 5.78. The predicted molar refractivity (Wildman–Crippen MR) is 174 cm³/mol. The maximum absolute atomic E-state index is 5.78. The van der Waals surface area contributed by atoms with Gasteiger partial charge in [0, 0.05) is 6.42 Å². The van der Waals surface area contributed by atoms with Gasteiger partial charge in [0.1, 0.15) is 11.5 Å². The normalized spacial score (nSPS) is 11.7. The van der Waals surface area contributed by atoms with Crippen LogP contribution in [0.3, 0.4) is 0 Å². The SMILES string of the molecule is c1ccc([P]([Pd][P](c2ccccc2)c2ccccc2)c2ccccc2)cc1.c1ccc2c(c1)Cc1ccccc1O2. The fourth-order valence-electron chi connectivity index (χ4n) is 4.53. The van der Waals surface area contributed by atoms with Gasteiger partial charge in [-0.15, -0.1) is 0 Å². The summed E-state index contributed by atoms with van der Waals surface area (Å²) in [6, 6.07) is 60.7. The van der Waals surface area contributed by atoms with E-state index in [-0.39, 0.29) is 12.2 Å². The largest absolute Gasteiger partial charge is 0.457 e. The van der Waals surface area contributed by atoms with Crippen LogP contribution in [0.25, 0.3) is 0 Å². The molecule has 0 spiro atoms. The summed E-state index contributed by atoms with van der Waals surface area (Å²) in [5, 5.41) is 5.92. The second-order valence-corrected chi connectivity index (χ2v) is 20.0. The molecule has 4 heteroatoms. The van der Waals surface area contributed by atoms with Crippen molar-refractivity contribution < 1.29 is 21.7 Å². The second kappa shape index (κ2) is 14.0. The molecule has 0 unspecified atom stereocenters. The summed E-state index contributed by atoms with van der Waals surface area (Å²) in [6.45, 7) is 0. The molecule has 0 fully saturated rings. The van der Waals surface area contributed by atoms with E-state index < -0.39 is 0 Å². The molecule has 1 nitrogen and oxygen atoms in total. The third-order valence-corrected chi connectivity index (χ3v) is 20.8. The van der Waals surface area contributed by atoms with Crippen LogP contribution in [0.2, 0.25) is 0 Å². The van der Waals surface area contributed by atoms with Crippen molar-refractivity contribution in [3.63, 3.8) is 0 Å². The number of rotatable bonds is 6. The number of hydrogen-bond donors (Lipinski definition) is 0. The Morgan fingerprint density at radius 3 is 1.00 bits per heavy atom. The maximum atomic E-state index is 5.78. The first-order valence-electron chi connectivity index (χ1n) is 13.6. The first-order valence-corrected chi connectivity index (χ1v) is 20.1. The zero-order valence-corrected chi connectivity index (χ0v) is 25.8. The fourth-order valence-corrected chi connectivity index (χ4v) is 20.5. The summed E-state index contributed by atoms with van der Waals surface area (Å²) >= 11 is 0.598. The molecule has 6 aromatic rings. The molecule has 6 aromatic carbocycles. The van der Waals surface area contributed by atoms with Crippen LogP contribution in [0, 0.1) is 0 Å². The Morgan fingerprint density at radius 1 is 0.366 bits per heavy atom. The van der Waals surface area contributed by atoms with Gasteiger partial charge >= 0.3 is 172 Å². The predicted octanol–water partition coefficient (Wildman–Crippen LogP) is 8.55.